The van der Waals surface area contributed by atoms with Gasteiger partial charge in [0.25, 0.3) is 5.91 Å². The zero-order chi connectivity index (χ0) is 14.7. The fraction of sp³-hybridized carbons (Fsp3) is 0.385. The number of carbonyl (C=O) groups excluding carboxylic acids is 2. The molecule has 108 valence electrons. The molecule has 2 amide bonds. The lowest BCUT2D eigenvalue weighted by Gasteiger charge is -2.33. The molecule has 0 aliphatic carbocycles. The van der Waals surface area contributed by atoms with Gasteiger partial charge in [-0.15, -0.1) is 0 Å². The fourth-order valence-corrected chi connectivity index (χ4v) is 2.33. The van der Waals surface area contributed by atoms with Gasteiger partial charge in [0.2, 0.25) is 0 Å². The summed E-state index contributed by atoms with van der Waals surface area (Å²) in [4.78, 5) is 26.9. The summed E-state index contributed by atoms with van der Waals surface area (Å²) in [5, 5.41) is 0.768. The third kappa shape index (κ3) is 3.16. The number of hydrogen-bond donors (Lipinski definition) is 0. The van der Waals surface area contributed by atoms with E-state index in [1.54, 1.807) is 28.0 Å². The Morgan fingerprint density at radius 1 is 1.05 bits per heavy atom. The van der Waals surface area contributed by atoms with Gasteiger partial charge in [-0.1, -0.05) is 23.2 Å². The van der Waals surface area contributed by atoms with Crippen LogP contribution >= 0.6 is 23.2 Å². The maximum Gasteiger partial charge on any atom is 0.409 e. The van der Waals surface area contributed by atoms with Crippen LogP contribution in [0.1, 0.15) is 10.4 Å². The molecular formula is C13H14Cl2N2O3. The number of amides is 2. The van der Waals surface area contributed by atoms with Crippen molar-refractivity contribution in [1.82, 2.24) is 9.80 Å². The number of benzene rings is 1. The van der Waals surface area contributed by atoms with E-state index >= 15 is 0 Å². The van der Waals surface area contributed by atoms with Gasteiger partial charge >= 0.3 is 6.09 Å². The van der Waals surface area contributed by atoms with Gasteiger partial charge < -0.3 is 14.5 Å². The van der Waals surface area contributed by atoms with Crippen molar-refractivity contribution >= 4 is 35.2 Å². The maximum absolute atomic E-state index is 12.3. The number of carbonyl (C=O) groups is 2. The highest BCUT2D eigenvalue weighted by atomic mass is 35.5. The summed E-state index contributed by atoms with van der Waals surface area (Å²) in [6.07, 6.45) is -0.369. The van der Waals surface area contributed by atoms with Gasteiger partial charge in [-0.05, 0) is 18.2 Å². The van der Waals surface area contributed by atoms with Crippen LogP contribution in [0.15, 0.2) is 18.2 Å². The number of nitrogens with zero attached hydrogens (tertiary/aromatic N) is 2. The largest absolute Gasteiger partial charge is 0.453 e. The predicted molar refractivity (Wildman–Crippen MR) is 76.3 cm³/mol. The van der Waals surface area contributed by atoms with Crippen molar-refractivity contribution in [2.75, 3.05) is 33.3 Å². The Labute approximate surface area is 127 Å². The molecule has 5 nitrogen and oxygen atoms in total. The predicted octanol–water partition coefficient (Wildman–Crippen LogP) is 2.52. The van der Waals surface area contributed by atoms with Gasteiger partial charge in [0.05, 0.1) is 17.2 Å². The number of methoxy groups -OCH3 is 1. The molecule has 20 heavy (non-hydrogen) atoms. The van der Waals surface area contributed by atoms with E-state index < -0.39 is 0 Å². The zero-order valence-corrected chi connectivity index (χ0v) is 12.4. The number of ether oxygens (including phenoxy) is 1. The van der Waals surface area contributed by atoms with Crippen LogP contribution in [0, 0.1) is 0 Å². The Morgan fingerprint density at radius 2 is 1.65 bits per heavy atom. The standard InChI is InChI=1S/C13H14Cl2N2O3/c1-20-13(19)17-6-4-16(5-7-17)12(18)9-2-3-10(14)11(15)8-9/h2-3,8H,4-7H2,1H3. The second kappa shape index (κ2) is 6.33. The first-order chi connectivity index (χ1) is 9.52. The molecule has 7 heteroatoms. The highest BCUT2D eigenvalue weighted by Gasteiger charge is 2.25. The lowest BCUT2D eigenvalue weighted by Crippen LogP contribution is -2.50. The van der Waals surface area contributed by atoms with Crippen LogP contribution in [0.5, 0.6) is 0 Å². The van der Waals surface area contributed by atoms with Gasteiger partial charge in [0.15, 0.2) is 0 Å². The smallest absolute Gasteiger partial charge is 0.409 e. The lowest BCUT2D eigenvalue weighted by atomic mass is 10.2. The van der Waals surface area contributed by atoms with Crippen LogP contribution < -0.4 is 0 Å². The minimum absolute atomic E-state index is 0.118. The third-order valence-electron chi connectivity index (χ3n) is 3.17. The molecule has 0 atom stereocenters. The second-order valence-electron chi connectivity index (χ2n) is 4.38. The molecule has 1 aromatic carbocycles. The Balaban J connectivity index is 2.01. The van der Waals surface area contributed by atoms with Gasteiger partial charge in [0, 0.05) is 31.7 Å². The minimum Gasteiger partial charge on any atom is -0.453 e. The van der Waals surface area contributed by atoms with Crippen LogP contribution in [0.2, 0.25) is 10.0 Å². The molecule has 1 saturated heterocycles. The van der Waals surface area contributed by atoms with Crippen molar-refractivity contribution in [3.8, 4) is 0 Å². The quantitative estimate of drug-likeness (QED) is 0.800. The van der Waals surface area contributed by atoms with Crippen LogP contribution in [0.3, 0.4) is 0 Å². The van der Waals surface area contributed by atoms with Gasteiger partial charge in [-0.3, -0.25) is 4.79 Å². The number of hydrogen-bond acceptors (Lipinski definition) is 3. The highest BCUT2D eigenvalue weighted by Crippen LogP contribution is 2.23. The second-order valence-corrected chi connectivity index (χ2v) is 5.19. The molecule has 1 heterocycles. The first-order valence-corrected chi connectivity index (χ1v) is 6.85. The fourth-order valence-electron chi connectivity index (χ4n) is 2.03. The average Bonchev–Trinajstić information content (AvgIpc) is 2.48. The van der Waals surface area contributed by atoms with Crippen molar-refractivity contribution in [3.05, 3.63) is 33.8 Å². The monoisotopic (exact) mass is 316 g/mol. The summed E-state index contributed by atoms with van der Waals surface area (Å²) in [5.41, 5.74) is 0.492. The molecule has 1 fully saturated rings. The molecule has 0 unspecified atom stereocenters. The Bertz CT molecular complexity index is 528. The lowest BCUT2D eigenvalue weighted by molar-refractivity contribution is 0.0599. The van der Waals surface area contributed by atoms with E-state index in [1.165, 1.54) is 7.11 Å². The van der Waals surface area contributed by atoms with Gasteiger partial charge in [0.1, 0.15) is 0 Å². The van der Waals surface area contributed by atoms with E-state index in [0.717, 1.165) is 0 Å². The van der Waals surface area contributed by atoms with Crippen LogP contribution in [-0.4, -0.2) is 55.1 Å². The Hall–Kier alpha value is -1.46. The van der Waals surface area contributed by atoms with Crippen molar-refractivity contribution in [2.24, 2.45) is 0 Å². The van der Waals surface area contributed by atoms with Crippen LogP contribution in [-0.2, 0) is 4.74 Å². The van der Waals surface area contributed by atoms with Crippen molar-refractivity contribution < 1.29 is 14.3 Å². The molecule has 1 aliphatic heterocycles. The molecule has 1 aliphatic rings. The number of halogens is 2. The molecule has 1 aromatic rings. The Morgan fingerprint density at radius 3 is 2.20 bits per heavy atom. The molecule has 2 rings (SSSR count). The van der Waals surface area contributed by atoms with E-state index in [2.05, 4.69) is 4.74 Å². The number of piperazine rings is 1. The number of rotatable bonds is 1. The topological polar surface area (TPSA) is 49.9 Å². The van der Waals surface area contributed by atoms with Crippen LogP contribution in [0.25, 0.3) is 0 Å². The first-order valence-electron chi connectivity index (χ1n) is 6.10. The molecular weight excluding hydrogens is 303 g/mol. The van der Waals surface area contributed by atoms with Crippen molar-refractivity contribution in [2.45, 2.75) is 0 Å². The van der Waals surface area contributed by atoms with Gasteiger partial charge in [-0.2, -0.15) is 0 Å². The van der Waals surface area contributed by atoms with Gasteiger partial charge in [-0.25, -0.2) is 4.79 Å². The third-order valence-corrected chi connectivity index (χ3v) is 3.91. The summed E-state index contributed by atoms with van der Waals surface area (Å²) in [5.74, 6) is -0.118. The molecule has 0 radical (unpaired) electrons. The summed E-state index contributed by atoms with van der Waals surface area (Å²) < 4.78 is 4.65. The average molecular weight is 317 g/mol. The van der Waals surface area contributed by atoms with E-state index in [1.807, 2.05) is 0 Å². The van der Waals surface area contributed by atoms with Crippen LogP contribution in [0.4, 0.5) is 4.79 Å². The zero-order valence-electron chi connectivity index (χ0n) is 10.9. The summed E-state index contributed by atoms with van der Waals surface area (Å²) in [6.45, 7) is 1.85. The molecule has 0 saturated carbocycles. The highest BCUT2D eigenvalue weighted by molar-refractivity contribution is 6.42. The normalized spacial score (nSPS) is 15.2. The molecule has 0 aromatic heterocycles. The first kappa shape index (κ1) is 14.9. The van der Waals surface area contributed by atoms with Crippen molar-refractivity contribution in [3.63, 3.8) is 0 Å². The Kier molecular flexibility index (Phi) is 4.73. The van der Waals surface area contributed by atoms with Crippen molar-refractivity contribution in [1.29, 1.82) is 0 Å². The summed E-state index contributed by atoms with van der Waals surface area (Å²) in [7, 11) is 1.34. The molecule has 0 N–H and O–H groups in total. The van der Waals surface area contributed by atoms with E-state index in [-0.39, 0.29) is 12.0 Å². The molecule has 0 spiro atoms. The SMILES string of the molecule is COC(=O)N1CCN(C(=O)c2ccc(Cl)c(Cl)c2)CC1. The van der Waals surface area contributed by atoms with E-state index in [4.69, 9.17) is 23.2 Å². The van der Waals surface area contributed by atoms with E-state index in [9.17, 15) is 9.59 Å². The maximum atomic E-state index is 12.3. The summed E-state index contributed by atoms with van der Waals surface area (Å²) in [6, 6.07) is 4.80. The summed E-state index contributed by atoms with van der Waals surface area (Å²) >= 11 is 11.7. The minimum atomic E-state index is -0.369. The molecule has 0 bridgehead atoms. The van der Waals surface area contributed by atoms with E-state index in [0.29, 0.717) is 41.8 Å².